The molecule has 2 N–H and O–H groups in total. The van der Waals surface area contributed by atoms with Crippen molar-refractivity contribution in [1.29, 1.82) is 0 Å². The molecule has 0 aromatic heterocycles. The summed E-state index contributed by atoms with van der Waals surface area (Å²) in [6, 6.07) is 15.4. The number of ether oxygens (including phenoxy) is 2. The molecule has 2 aromatic rings. The Kier molecular flexibility index (Phi) is 6.06. The molecule has 1 aliphatic rings. The summed E-state index contributed by atoms with van der Waals surface area (Å²) in [7, 11) is 0. The highest BCUT2D eigenvalue weighted by Crippen LogP contribution is 2.39. The zero-order chi connectivity index (χ0) is 20.3. The van der Waals surface area contributed by atoms with Gasteiger partial charge in [-0.3, -0.25) is 4.90 Å². The standard InChI is InChI=1S/C23H30N2O3/c1-16(2)19-11-8-12-20(17(3)4)21(19)25(22(24)26)15-23(27-13-14-28-23)18-9-6-5-7-10-18/h5-12,16-17H,13-15H2,1-4H3,(H2,24,26). The first-order chi connectivity index (χ1) is 13.4. The molecule has 1 heterocycles. The van der Waals surface area contributed by atoms with Gasteiger partial charge < -0.3 is 15.2 Å². The van der Waals surface area contributed by atoms with Crippen LogP contribution in [0.2, 0.25) is 0 Å². The van der Waals surface area contributed by atoms with Gasteiger partial charge in [0.2, 0.25) is 5.79 Å². The smallest absolute Gasteiger partial charge is 0.319 e. The molecule has 2 amide bonds. The molecule has 1 saturated heterocycles. The molecule has 0 spiro atoms. The fourth-order valence-electron chi connectivity index (χ4n) is 3.79. The van der Waals surface area contributed by atoms with Gasteiger partial charge in [0.15, 0.2) is 0 Å². The third-order valence-corrected chi connectivity index (χ3v) is 5.21. The molecule has 1 aliphatic heterocycles. The summed E-state index contributed by atoms with van der Waals surface area (Å²) in [5.41, 5.74) is 9.83. The van der Waals surface area contributed by atoms with Crippen LogP contribution >= 0.6 is 0 Å². The lowest BCUT2D eigenvalue weighted by molar-refractivity contribution is -0.156. The zero-order valence-electron chi connectivity index (χ0n) is 17.1. The maximum atomic E-state index is 12.6. The second-order valence-corrected chi connectivity index (χ2v) is 7.83. The predicted molar refractivity (Wildman–Crippen MR) is 112 cm³/mol. The second kappa shape index (κ2) is 8.33. The average molecular weight is 383 g/mol. The molecule has 0 unspecified atom stereocenters. The predicted octanol–water partition coefficient (Wildman–Crippen LogP) is 4.72. The van der Waals surface area contributed by atoms with Crippen LogP contribution in [0.1, 0.15) is 56.2 Å². The summed E-state index contributed by atoms with van der Waals surface area (Å²) in [6.45, 7) is 9.65. The average Bonchev–Trinajstić information content (AvgIpc) is 3.16. The first kappa shape index (κ1) is 20.4. The SMILES string of the molecule is CC(C)c1cccc(C(C)C)c1N(CC1(c2ccccc2)OCCO1)C(N)=O. The van der Waals surface area contributed by atoms with Crippen molar-refractivity contribution in [1.82, 2.24) is 0 Å². The monoisotopic (exact) mass is 382 g/mol. The van der Waals surface area contributed by atoms with E-state index in [1.165, 1.54) is 0 Å². The van der Waals surface area contributed by atoms with Gasteiger partial charge in [-0.2, -0.15) is 0 Å². The van der Waals surface area contributed by atoms with Gasteiger partial charge in [0, 0.05) is 5.56 Å². The Bertz CT molecular complexity index is 786. The Morgan fingerprint density at radius 1 is 0.964 bits per heavy atom. The van der Waals surface area contributed by atoms with Gasteiger partial charge >= 0.3 is 6.03 Å². The van der Waals surface area contributed by atoms with Gasteiger partial charge in [-0.25, -0.2) is 4.79 Å². The van der Waals surface area contributed by atoms with Crippen molar-refractivity contribution in [2.75, 3.05) is 24.7 Å². The number of carbonyl (C=O) groups excluding carboxylic acids is 1. The van der Waals surface area contributed by atoms with Gasteiger partial charge in [-0.15, -0.1) is 0 Å². The number of carbonyl (C=O) groups is 1. The molecular formula is C23H30N2O3. The molecule has 0 bridgehead atoms. The van der Waals surface area contributed by atoms with E-state index in [0.29, 0.717) is 13.2 Å². The number of amides is 2. The summed E-state index contributed by atoms with van der Waals surface area (Å²) in [5, 5.41) is 0. The van der Waals surface area contributed by atoms with E-state index in [4.69, 9.17) is 15.2 Å². The van der Waals surface area contributed by atoms with E-state index in [-0.39, 0.29) is 18.4 Å². The van der Waals surface area contributed by atoms with E-state index in [0.717, 1.165) is 22.4 Å². The second-order valence-electron chi connectivity index (χ2n) is 7.83. The number of rotatable bonds is 6. The molecule has 5 nitrogen and oxygen atoms in total. The minimum absolute atomic E-state index is 0.204. The molecular weight excluding hydrogens is 352 g/mol. The molecule has 1 fully saturated rings. The molecule has 150 valence electrons. The molecule has 0 aliphatic carbocycles. The number of hydrogen-bond acceptors (Lipinski definition) is 3. The maximum Gasteiger partial charge on any atom is 0.319 e. The van der Waals surface area contributed by atoms with Crippen molar-refractivity contribution >= 4 is 11.7 Å². The molecule has 0 atom stereocenters. The number of benzene rings is 2. The van der Waals surface area contributed by atoms with Crippen LogP contribution < -0.4 is 10.6 Å². The molecule has 2 aromatic carbocycles. The van der Waals surface area contributed by atoms with Crippen molar-refractivity contribution in [2.24, 2.45) is 5.73 Å². The van der Waals surface area contributed by atoms with Gasteiger partial charge in [0.25, 0.3) is 0 Å². The molecule has 5 heteroatoms. The molecule has 0 radical (unpaired) electrons. The topological polar surface area (TPSA) is 64.8 Å². The van der Waals surface area contributed by atoms with Crippen LogP contribution in [-0.2, 0) is 15.3 Å². The first-order valence-corrected chi connectivity index (χ1v) is 9.89. The van der Waals surface area contributed by atoms with Gasteiger partial charge in [0.1, 0.15) is 0 Å². The summed E-state index contributed by atoms with van der Waals surface area (Å²) < 4.78 is 12.1. The lowest BCUT2D eigenvalue weighted by Crippen LogP contribution is -2.48. The van der Waals surface area contributed by atoms with Gasteiger partial charge in [-0.05, 0) is 23.0 Å². The number of anilines is 1. The van der Waals surface area contributed by atoms with E-state index in [1.54, 1.807) is 4.90 Å². The fourth-order valence-corrected chi connectivity index (χ4v) is 3.79. The van der Waals surface area contributed by atoms with Crippen molar-refractivity contribution < 1.29 is 14.3 Å². The van der Waals surface area contributed by atoms with E-state index in [9.17, 15) is 4.79 Å². The minimum Gasteiger partial charge on any atom is -0.351 e. The fraction of sp³-hybridized carbons (Fsp3) is 0.435. The Balaban J connectivity index is 2.12. The van der Waals surface area contributed by atoms with E-state index >= 15 is 0 Å². The Morgan fingerprint density at radius 2 is 1.50 bits per heavy atom. The summed E-state index contributed by atoms with van der Waals surface area (Å²) >= 11 is 0. The quantitative estimate of drug-likeness (QED) is 0.786. The highest BCUT2D eigenvalue weighted by atomic mass is 16.7. The number of para-hydroxylation sites is 1. The van der Waals surface area contributed by atoms with Gasteiger partial charge in [0.05, 0.1) is 25.4 Å². The number of hydrogen-bond donors (Lipinski definition) is 1. The first-order valence-electron chi connectivity index (χ1n) is 9.89. The Labute approximate surface area is 167 Å². The number of urea groups is 1. The highest BCUT2D eigenvalue weighted by molar-refractivity contribution is 5.93. The lowest BCUT2D eigenvalue weighted by Gasteiger charge is -2.36. The molecule has 0 saturated carbocycles. The Hall–Kier alpha value is -2.37. The van der Waals surface area contributed by atoms with E-state index in [1.807, 2.05) is 36.4 Å². The van der Waals surface area contributed by atoms with E-state index in [2.05, 4.69) is 39.8 Å². The van der Waals surface area contributed by atoms with Crippen molar-refractivity contribution in [3.8, 4) is 0 Å². The zero-order valence-corrected chi connectivity index (χ0v) is 17.1. The molecule has 3 rings (SSSR count). The molecule has 28 heavy (non-hydrogen) atoms. The lowest BCUT2D eigenvalue weighted by atomic mass is 9.91. The number of primary amides is 1. The third-order valence-electron chi connectivity index (χ3n) is 5.21. The van der Waals surface area contributed by atoms with Crippen LogP contribution in [0.15, 0.2) is 48.5 Å². The minimum atomic E-state index is -1.02. The number of nitrogens with zero attached hydrogens (tertiary/aromatic N) is 1. The summed E-state index contributed by atoms with van der Waals surface area (Å²) in [6.07, 6.45) is 0. The normalized spacial score (nSPS) is 15.9. The van der Waals surface area contributed by atoms with Crippen LogP contribution in [0.5, 0.6) is 0 Å². The van der Waals surface area contributed by atoms with Crippen molar-refractivity contribution in [3.05, 3.63) is 65.2 Å². The van der Waals surface area contributed by atoms with Crippen LogP contribution in [0.3, 0.4) is 0 Å². The van der Waals surface area contributed by atoms with Crippen molar-refractivity contribution in [2.45, 2.75) is 45.3 Å². The van der Waals surface area contributed by atoms with Crippen LogP contribution in [-0.4, -0.2) is 25.8 Å². The van der Waals surface area contributed by atoms with Crippen molar-refractivity contribution in [3.63, 3.8) is 0 Å². The van der Waals surface area contributed by atoms with Crippen LogP contribution in [0, 0.1) is 0 Å². The van der Waals surface area contributed by atoms with Gasteiger partial charge in [-0.1, -0.05) is 76.2 Å². The maximum absolute atomic E-state index is 12.6. The Morgan fingerprint density at radius 3 is 1.96 bits per heavy atom. The van der Waals surface area contributed by atoms with Crippen LogP contribution in [0.4, 0.5) is 10.5 Å². The summed E-state index contributed by atoms with van der Waals surface area (Å²) in [4.78, 5) is 14.3. The van der Waals surface area contributed by atoms with Crippen LogP contribution in [0.25, 0.3) is 0 Å². The van der Waals surface area contributed by atoms with E-state index < -0.39 is 11.8 Å². The third kappa shape index (κ3) is 3.91. The number of nitrogens with two attached hydrogens (primary N) is 1. The largest absolute Gasteiger partial charge is 0.351 e. The summed E-state index contributed by atoms with van der Waals surface area (Å²) in [5.74, 6) is -0.531. The highest BCUT2D eigenvalue weighted by Gasteiger charge is 2.42.